The summed E-state index contributed by atoms with van der Waals surface area (Å²) >= 11 is 0. The number of halogens is 2. The lowest BCUT2D eigenvalue weighted by Crippen LogP contribution is -2.26. The zero-order valence-corrected chi connectivity index (χ0v) is 17.1. The first-order valence-electron chi connectivity index (χ1n) is 9.81. The van der Waals surface area contributed by atoms with Gasteiger partial charge in [0.1, 0.15) is 24.2 Å². The molecule has 5 rings (SSSR count). The van der Waals surface area contributed by atoms with Gasteiger partial charge in [-0.3, -0.25) is 4.79 Å². The fourth-order valence-electron chi connectivity index (χ4n) is 3.56. The van der Waals surface area contributed by atoms with E-state index in [4.69, 9.17) is 14.5 Å². The fourth-order valence-corrected chi connectivity index (χ4v) is 3.56. The van der Waals surface area contributed by atoms with Gasteiger partial charge >= 0.3 is 6.55 Å². The second kappa shape index (κ2) is 7.59. The Morgan fingerprint density at radius 2 is 2.19 bits per heavy atom. The summed E-state index contributed by atoms with van der Waals surface area (Å²) in [6.45, 7) is 0.853. The molecule has 164 valence electrons. The maximum Gasteiger partial charge on any atom is 0.333 e. The second-order valence-corrected chi connectivity index (χ2v) is 7.41. The van der Waals surface area contributed by atoms with Crippen LogP contribution in [0.1, 0.15) is 20.4 Å². The van der Waals surface area contributed by atoms with Crippen molar-refractivity contribution in [1.29, 1.82) is 0 Å². The molecule has 1 aliphatic heterocycles. The smallest absolute Gasteiger partial charge is 0.333 e. The Balaban J connectivity index is 1.69. The van der Waals surface area contributed by atoms with Crippen molar-refractivity contribution >= 4 is 22.6 Å². The van der Waals surface area contributed by atoms with Crippen LogP contribution in [0.3, 0.4) is 0 Å². The molecule has 1 unspecified atom stereocenters. The van der Waals surface area contributed by atoms with Crippen molar-refractivity contribution in [3.8, 4) is 34.0 Å². The van der Waals surface area contributed by atoms with Gasteiger partial charge in [-0.05, 0) is 13.0 Å². The average molecular weight is 440 g/mol. The van der Waals surface area contributed by atoms with Crippen LogP contribution < -0.4 is 14.8 Å². The summed E-state index contributed by atoms with van der Waals surface area (Å²) in [5.41, 5.74) is 2.71. The van der Waals surface area contributed by atoms with E-state index in [0.29, 0.717) is 51.1 Å². The third kappa shape index (κ3) is 3.51. The van der Waals surface area contributed by atoms with Crippen LogP contribution in [-0.2, 0) is 4.79 Å². The molecule has 5 heterocycles. The van der Waals surface area contributed by atoms with Gasteiger partial charge in [-0.15, -0.1) is 0 Å². The highest BCUT2D eigenvalue weighted by atomic mass is 19.3. The van der Waals surface area contributed by atoms with Crippen LogP contribution >= 0.6 is 0 Å². The first-order chi connectivity index (χ1) is 15.4. The highest BCUT2D eigenvalue weighted by Crippen LogP contribution is 2.44. The van der Waals surface area contributed by atoms with Gasteiger partial charge in [0.25, 0.3) is 0 Å². The summed E-state index contributed by atoms with van der Waals surface area (Å²) in [6, 6.07) is 3.38. The summed E-state index contributed by atoms with van der Waals surface area (Å²) in [5.74, 6) is 1.05. The van der Waals surface area contributed by atoms with Crippen molar-refractivity contribution < 1.29 is 23.0 Å². The number of nitrogens with one attached hydrogen (secondary N) is 2. The topological polar surface area (TPSA) is 107 Å². The minimum Gasteiger partial charge on any atom is -0.484 e. The summed E-state index contributed by atoms with van der Waals surface area (Å²) in [7, 11) is 0. The zero-order chi connectivity index (χ0) is 22.4. The molecule has 0 fully saturated rings. The minimum absolute atomic E-state index is 0.187. The van der Waals surface area contributed by atoms with Crippen LogP contribution in [0.15, 0.2) is 36.9 Å². The normalized spacial score (nSPS) is 15.3. The number of rotatable bonds is 4. The summed E-state index contributed by atoms with van der Waals surface area (Å²) < 4.78 is 38.5. The van der Waals surface area contributed by atoms with Gasteiger partial charge in [-0.1, -0.05) is 0 Å². The van der Waals surface area contributed by atoms with Crippen molar-refractivity contribution in [2.24, 2.45) is 0 Å². The van der Waals surface area contributed by atoms with E-state index in [9.17, 15) is 13.6 Å². The van der Waals surface area contributed by atoms with Gasteiger partial charge in [0.15, 0.2) is 11.5 Å². The molecule has 0 bridgehead atoms. The Labute approximate surface area is 180 Å². The number of hydrogen-bond donors (Lipinski definition) is 2. The third-order valence-electron chi connectivity index (χ3n) is 4.95. The number of anilines is 1. The molecule has 1 atom stereocenters. The van der Waals surface area contributed by atoms with Crippen LogP contribution in [0.4, 0.5) is 14.6 Å². The van der Waals surface area contributed by atoms with E-state index in [-0.39, 0.29) is 12.0 Å². The van der Waals surface area contributed by atoms with Crippen LogP contribution in [0, 0.1) is 0 Å². The maximum absolute atomic E-state index is 13.0. The molecule has 0 aromatic carbocycles. The number of ether oxygens (including phenoxy) is 2. The molecular weight excluding hydrogens is 422 g/mol. The molecule has 1 aliphatic rings. The number of fused-ring (bicyclic) bond motifs is 2. The summed E-state index contributed by atoms with van der Waals surface area (Å²) in [5, 5.41) is 7.11. The lowest BCUT2D eigenvalue weighted by molar-refractivity contribution is -0.114. The van der Waals surface area contributed by atoms with E-state index < -0.39 is 6.55 Å². The number of amides is 1. The Hall–Kier alpha value is -4.02. The van der Waals surface area contributed by atoms with Crippen molar-refractivity contribution in [3.63, 3.8) is 0 Å². The average Bonchev–Trinajstić information content (AvgIpc) is 3.40. The highest BCUT2D eigenvalue weighted by molar-refractivity contribution is 5.99. The van der Waals surface area contributed by atoms with Gasteiger partial charge in [-0.25, -0.2) is 14.6 Å². The van der Waals surface area contributed by atoms with E-state index in [2.05, 4.69) is 20.4 Å². The van der Waals surface area contributed by atoms with E-state index in [0.717, 1.165) is 10.9 Å². The molecule has 9 nitrogen and oxygen atoms in total. The predicted molar refractivity (Wildman–Crippen MR) is 112 cm³/mol. The molecule has 11 heteroatoms. The molecule has 32 heavy (non-hydrogen) atoms. The zero-order valence-electron chi connectivity index (χ0n) is 17.1. The molecule has 4 aromatic rings. The lowest BCUT2D eigenvalue weighted by atomic mass is 10.1. The first-order valence-corrected chi connectivity index (χ1v) is 9.81. The van der Waals surface area contributed by atoms with E-state index in [1.165, 1.54) is 19.3 Å². The van der Waals surface area contributed by atoms with Crippen molar-refractivity contribution in [2.45, 2.75) is 26.5 Å². The number of nitrogens with zero attached hydrogens (tertiary/aromatic N) is 4. The van der Waals surface area contributed by atoms with Gasteiger partial charge in [-0.2, -0.15) is 13.9 Å². The van der Waals surface area contributed by atoms with E-state index in [1.807, 2.05) is 6.92 Å². The standard InChI is InChI=1S/C21H18F2N6O3/c1-10-9-31-20-17(32-10)4-15(12-5-26-29(8-12)21(22)23)28-19(20)14-6-24-16-7-25-18(3-13(14)16)27-11(2)30/h3-8,10,21,24H,9H2,1-2H3,(H,25,27,30). The molecule has 0 saturated carbocycles. The monoisotopic (exact) mass is 440 g/mol. The van der Waals surface area contributed by atoms with Gasteiger partial charge in [0.05, 0.1) is 23.6 Å². The predicted octanol–water partition coefficient (Wildman–Crippen LogP) is 4.00. The van der Waals surface area contributed by atoms with Crippen LogP contribution in [-0.4, -0.2) is 43.4 Å². The van der Waals surface area contributed by atoms with Crippen LogP contribution in [0.2, 0.25) is 0 Å². The number of hydrogen-bond acceptors (Lipinski definition) is 6. The van der Waals surface area contributed by atoms with Crippen molar-refractivity contribution in [3.05, 3.63) is 36.9 Å². The minimum atomic E-state index is -2.76. The molecule has 0 aliphatic carbocycles. The fraction of sp³-hybridized carbons (Fsp3) is 0.238. The number of carbonyl (C=O) groups excluding carboxylic acids is 1. The van der Waals surface area contributed by atoms with Gasteiger partial charge < -0.3 is 19.8 Å². The molecule has 0 saturated heterocycles. The second-order valence-electron chi connectivity index (χ2n) is 7.41. The Kier molecular flexibility index (Phi) is 4.72. The van der Waals surface area contributed by atoms with E-state index in [1.54, 1.807) is 24.5 Å². The Bertz CT molecular complexity index is 1330. The first kappa shape index (κ1) is 19.9. The molecule has 4 aromatic heterocycles. The SMILES string of the molecule is CC(=O)Nc1cc2c(-c3nc(-c4cnn(C(F)F)c4)cc4c3OCC(C)O4)c[nH]c2cn1. The quantitative estimate of drug-likeness (QED) is 0.497. The van der Waals surface area contributed by atoms with Gasteiger partial charge in [0.2, 0.25) is 5.91 Å². The Morgan fingerprint density at radius 1 is 1.34 bits per heavy atom. The lowest BCUT2D eigenvalue weighted by Gasteiger charge is -2.26. The van der Waals surface area contributed by atoms with Crippen molar-refractivity contribution in [1.82, 2.24) is 24.7 Å². The number of pyridine rings is 2. The van der Waals surface area contributed by atoms with Gasteiger partial charge in [0, 0.05) is 41.9 Å². The number of aromatic amines is 1. The van der Waals surface area contributed by atoms with Crippen LogP contribution in [0.5, 0.6) is 11.5 Å². The maximum atomic E-state index is 13.0. The molecule has 0 spiro atoms. The largest absolute Gasteiger partial charge is 0.484 e. The number of carbonyl (C=O) groups is 1. The third-order valence-corrected chi connectivity index (χ3v) is 4.95. The van der Waals surface area contributed by atoms with Crippen molar-refractivity contribution in [2.75, 3.05) is 11.9 Å². The van der Waals surface area contributed by atoms with Crippen LogP contribution in [0.25, 0.3) is 33.4 Å². The number of aromatic nitrogens is 5. The molecular formula is C21H18F2N6O3. The molecule has 2 N–H and O–H groups in total. The highest BCUT2D eigenvalue weighted by Gasteiger charge is 2.26. The number of H-pyrrole nitrogens is 1. The number of alkyl halides is 2. The Morgan fingerprint density at radius 3 is 2.94 bits per heavy atom. The molecule has 0 radical (unpaired) electrons. The van der Waals surface area contributed by atoms with E-state index >= 15 is 0 Å². The summed E-state index contributed by atoms with van der Waals surface area (Å²) in [6.07, 6.45) is 5.72. The molecule has 1 amide bonds. The summed E-state index contributed by atoms with van der Waals surface area (Å²) in [4.78, 5) is 23.5.